The summed E-state index contributed by atoms with van der Waals surface area (Å²) >= 11 is 0. The Morgan fingerprint density at radius 3 is 1.57 bits per heavy atom. The molecule has 0 saturated carbocycles. The molecule has 4 heterocycles. The SMILES string of the molecule is N#Cc1cccc(-c2ccc3c4ccc(-c5cccc(C#N)n5)cc4n(-c4cccc5c4C(=O)N(c4cc(-c6ccccc6)ccc4-c4ccccc4)C5=O)c3c2)n1. The first-order valence-corrected chi connectivity index (χ1v) is 18.6. The lowest BCUT2D eigenvalue weighted by Crippen LogP contribution is -2.30. The summed E-state index contributed by atoms with van der Waals surface area (Å²) in [5, 5.41) is 21.0. The van der Waals surface area contributed by atoms with E-state index in [4.69, 9.17) is 0 Å². The van der Waals surface area contributed by atoms with Gasteiger partial charge in [0.15, 0.2) is 0 Å². The monoisotopic (exact) mass is 744 g/mol. The standard InChI is InChI=1S/C50H28N6O2/c51-29-36-14-7-17-42(53-36)34-21-24-39-40-25-22-35(43-18-8-15-37(30-52)54-43)28-47(40)55(46(39)27-34)44-19-9-16-41-48(44)50(58)56(49(41)57)45-26-33(31-10-3-1-4-11-31)20-23-38(45)32-12-5-2-6-13-32/h1-28H. The molecule has 0 unspecified atom stereocenters. The van der Waals surface area contributed by atoms with Gasteiger partial charge in [0, 0.05) is 27.5 Å². The highest BCUT2D eigenvalue weighted by Gasteiger charge is 2.40. The maximum Gasteiger partial charge on any atom is 0.268 e. The zero-order chi connectivity index (χ0) is 39.3. The normalized spacial score (nSPS) is 12.1. The van der Waals surface area contributed by atoms with E-state index in [9.17, 15) is 15.3 Å². The quantitative estimate of drug-likeness (QED) is 0.157. The predicted molar refractivity (Wildman–Crippen MR) is 225 cm³/mol. The molecule has 0 saturated heterocycles. The predicted octanol–water partition coefficient (Wildman–Crippen LogP) is 10.8. The Bertz CT molecular complexity index is 3130. The van der Waals surface area contributed by atoms with Crippen LogP contribution in [0.15, 0.2) is 170 Å². The molecule has 6 aromatic carbocycles. The van der Waals surface area contributed by atoms with E-state index >= 15 is 4.79 Å². The van der Waals surface area contributed by atoms with E-state index < -0.39 is 11.8 Å². The lowest BCUT2D eigenvalue weighted by atomic mass is 9.97. The van der Waals surface area contributed by atoms with Gasteiger partial charge < -0.3 is 4.57 Å². The van der Waals surface area contributed by atoms with E-state index in [2.05, 4.69) is 22.1 Å². The van der Waals surface area contributed by atoms with Crippen LogP contribution in [0, 0.1) is 22.7 Å². The van der Waals surface area contributed by atoms with E-state index in [0.717, 1.165) is 55.2 Å². The molecular formula is C50H28N6O2. The fourth-order valence-electron chi connectivity index (χ4n) is 7.97. The van der Waals surface area contributed by atoms with Crippen LogP contribution in [-0.4, -0.2) is 26.3 Å². The van der Waals surface area contributed by atoms with Gasteiger partial charge in [-0.2, -0.15) is 10.5 Å². The molecule has 0 atom stereocenters. The number of anilines is 1. The van der Waals surface area contributed by atoms with Gasteiger partial charge in [-0.25, -0.2) is 14.9 Å². The largest absolute Gasteiger partial charge is 0.308 e. The minimum Gasteiger partial charge on any atom is -0.308 e. The van der Waals surface area contributed by atoms with Crippen LogP contribution in [0.3, 0.4) is 0 Å². The lowest BCUT2D eigenvalue weighted by molar-refractivity contribution is 0.0926. The number of rotatable bonds is 6. The first kappa shape index (κ1) is 34.1. The van der Waals surface area contributed by atoms with Gasteiger partial charge in [0.1, 0.15) is 23.5 Å². The van der Waals surface area contributed by atoms with Gasteiger partial charge in [-0.3, -0.25) is 9.59 Å². The van der Waals surface area contributed by atoms with Crippen molar-refractivity contribution in [3.63, 3.8) is 0 Å². The van der Waals surface area contributed by atoms with Crippen molar-refractivity contribution in [3.8, 4) is 62.6 Å². The number of aromatic nitrogens is 3. The van der Waals surface area contributed by atoms with Gasteiger partial charge in [0.05, 0.1) is 44.9 Å². The first-order valence-electron chi connectivity index (χ1n) is 18.6. The van der Waals surface area contributed by atoms with Crippen LogP contribution in [0.2, 0.25) is 0 Å². The van der Waals surface area contributed by atoms with Crippen molar-refractivity contribution in [3.05, 3.63) is 192 Å². The second-order valence-corrected chi connectivity index (χ2v) is 13.9. The van der Waals surface area contributed by atoms with Crippen LogP contribution in [0.1, 0.15) is 32.1 Å². The molecule has 3 aromatic heterocycles. The average Bonchev–Trinajstić information content (AvgIpc) is 3.75. The molecule has 10 rings (SSSR count). The Morgan fingerprint density at radius 2 is 0.983 bits per heavy atom. The van der Waals surface area contributed by atoms with E-state index in [1.807, 2.05) is 144 Å². The number of benzene rings is 6. The molecular weight excluding hydrogens is 717 g/mol. The van der Waals surface area contributed by atoms with Crippen LogP contribution in [0.5, 0.6) is 0 Å². The van der Waals surface area contributed by atoms with E-state index in [1.54, 1.807) is 30.3 Å². The molecule has 58 heavy (non-hydrogen) atoms. The minimum absolute atomic E-state index is 0.278. The summed E-state index contributed by atoms with van der Waals surface area (Å²) < 4.78 is 2.02. The average molecular weight is 745 g/mol. The number of hydrogen-bond donors (Lipinski definition) is 0. The van der Waals surface area contributed by atoms with Crippen LogP contribution in [0.4, 0.5) is 5.69 Å². The fraction of sp³-hybridized carbons (Fsp3) is 0. The number of amides is 2. The van der Waals surface area contributed by atoms with Crippen molar-refractivity contribution < 1.29 is 9.59 Å². The van der Waals surface area contributed by atoms with Gasteiger partial charge in [0.2, 0.25) is 0 Å². The highest BCUT2D eigenvalue weighted by atomic mass is 16.2. The van der Waals surface area contributed by atoms with Crippen molar-refractivity contribution >= 4 is 39.3 Å². The zero-order valence-electron chi connectivity index (χ0n) is 30.7. The molecule has 270 valence electrons. The summed E-state index contributed by atoms with van der Waals surface area (Å²) in [6.45, 7) is 0. The first-order chi connectivity index (χ1) is 28.5. The number of hydrogen-bond acceptors (Lipinski definition) is 6. The maximum atomic E-state index is 15.2. The van der Waals surface area contributed by atoms with Crippen LogP contribution in [-0.2, 0) is 0 Å². The fourth-order valence-corrected chi connectivity index (χ4v) is 7.97. The second-order valence-electron chi connectivity index (χ2n) is 13.9. The topological polar surface area (TPSA) is 116 Å². The number of fused-ring (bicyclic) bond motifs is 4. The van der Waals surface area contributed by atoms with Gasteiger partial charge in [-0.15, -0.1) is 0 Å². The Morgan fingerprint density at radius 1 is 0.431 bits per heavy atom. The second kappa shape index (κ2) is 13.7. The van der Waals surface area contributed by atoms with Crippen molar-refractivity contribution in [1.29, 1.82) is 10.5 Å². The molecule has 1 aliphatic rings. The molecule has 0 aliphatic carbocycles. The molecule has 0 bridgehead atoms. The number of imide groups is 1. The summed E-state index contributed by atoms with van der Waals surface area (Å²) in [6.07, 6.45) is 0. The summed E-state index contributed by atoms with van der Waals surface area (Å²) in [6, 6.07) is 57.8. The smallest absolute Gasteiger partial charge is 0.268 e. The molecule has 9 aromatic rings. The van der Waals surface area contributed by atoms with Gasteiger partial charge in [-0.1, -0.05) is 115 Å². The number of nitrogens with zero attached hydrogens (tertiary/aromatic N) is 6. The van der Waals surface area contributed by atoms with Crippen LogP contribution < -0.4 is 4.90 Å². The van der Waals surface area contributed by atoms with Gasteiger partial charge in [0.25, 0.3) is 11.8 Å². The van der Waals surface area contributed by atoms with Crippen LogP contribution in [0.25, 0.3) is 72.3 Å². The molecule has 0 spiro atoms. The Labute approximate surface area is 332 Å². The van der Waals surface area contributed by atoms with E-state index in [0.29, 0.717) is 39.7 Å². The van der Waals surface area contributed by atoms with E-state index in [1.165, 1.54) is 4.90 Å². The molecule has 8 heteroatoms. The summed E-state index contributed by atoms with van der Waals surface area (Å²) in [5.41, 5.74) is 10.00. The maximum absolute atomic E-state index is 15.2. The Hall–Kier alpha value is -8.46. The number of carbonyl (C=O) groups is 2. The molecule has 8 nitrogen and oxygen atoms in total. The highest BCUT2D eigenvalue weighted by molar-refractivity contribution is 6.36. The molecule has 0 N–H and O–H groups in total. The Kier molecular flexibility index (Phi) is 8.04. The lowest BCUT2D eigenvalue weighted by Gasteiger charge is -2.20. The minimum atomic E-state index is -0.438. The van der Waals surface area contributed by atoms with Crippen LogP contribution >= 0.6 is 0 Å². The molecule has 2 amide bonds. The van der Waals surface area contributed by atoms with Crippen molar-refractivity contribution in [2.75, 3.05) is 4.90 Å². The van der Waals surface area contributed by atoms with Crippen molar-refractivity contribution in [2.24, 2.45) is 0 Å². The Balaban J connectivity index is 1.21. The number of nitriles is 2. The number of pyridine rings is 2. The summed E-state index contributed by atoms with van der Waals surface area (Å²) in [4.78, 5) is 40.3. The third-order valence-corrected chi connectivity index (χ3v) is 10.7. The zero-order valence-corrected chi connectivity index (χ0v) is 30.7. The third kappa shape index (κ3) is 5.52. The summed E-state index contributed by atoms with van der Waals surface area (Å²) in [5.74, 6) is -0.853. The summed E-state index contributed by atoms with van der Waals surface area (Å²) in [7, 11) is 0. The molecule has 0 fully saturated rings. The third-order valence-electron chi connectivity index (χ3n) is 10.7. The van der Waals surface area contributed by atoms with E-state index in [-0.39, 0.29) is 5.56 Å². The molecule has 1 aliphatic heterocycles. The number of carbonyl (C=O) groups excluding carboxylic acids is 2. The highest BCUT2D eigenvalue weighted by Crippen LogP contribution is 2.43. The van der Waals surface area contributed by atoms with Gasteiger partial charge in [-0.05, 0) is 71.3 Å². The van der Waals surface area contributed by atoms with Crippen molar-refractivity contribution in [1.82, 2.24) is 14.5 Å². The van der Waals surface area contributed by atoms with Gasteiger partial charge >= 0.3 is 0 Å². The van der Waals surface area contributed by atoms with Crippen molar-refractivity contribution in [2.45, 2.75) is 0 Å². The molecule has 0 radical (unpaired) electrons.